The third-order valence-electron chi connectivity index (χ3n) is 4.89. The van der Waals surface area contributed by atoms with Gasteiger partial charge in [-0.2, -0.15) is 0 Å². The Kier molecular flexibility index (Phi) is 7.55. The van der Waals surface area contributed by atoms with E-state index < -0.39 is 29.7 Å². The Morgan fingerprint density at radius 3 is 2.33 bits per heavy atom. The molecule has 3 rings (SSSR count). The van der Waals surface area contributed by atoms with Crippen molar-refractivity contribution in [3.63, 3.8) is 0 Å². The Balaban J connectivity index is 1.81. The molecule has 1 aliphatic rings. The van der Waals surface area contributed by atoms with Crippen molar-refractivity contribution in [1.29, 1.82) is 0 Å². The standard InChI is InChI=1S/C24H29N3O6/c1-24(2,3)33-22(29)25-18-15-27(23(30)31)20-12-8-7-11-19(20)26(21(18)28)13-14-32-16-17-9-5-4-6-10-17/h4-12,18H,13-16H2,1-3H3,(H,25,29)(H,30,31). The van der Waals surface area contributed by atoms with Crippen molar-refractivity contribution >= 4 is 29.5 Å². The summed E-state index contributed by atoms with van der Waals surface area (Å²) in [5.41, 5.74) is 1.02. The van der Waals surface area contributed by atoms with Gasteiger partial charge in [-0.15, -0.1) is 0 Å². The maximum Gasteiger partial charge on any atom is 0.411 e. The first-order chi connectivity index (χ1) is 15.7. The van der Waals surface area contributed by atoms with E-state index in [2.05, 4.69) is 5.32 Å². The van der Waals surface area contributed by atoms with Crippen LogP contribution in [0.4, 0.5) is 21.0 Å². The highest BCUT2D eigenvalue weighted by atomic mass is 16.6. The van der Waals surface area contributed by atoms with E-state index in [1.165, 1.54) is 4.90 Å². The van der Waals surface area contributed by atoms with Crippen LogP contribution < -0.4 is 15.1 Å². The van der Waals surface area contributed by atoms with Crippen molar-refractivity contribution in [2.75, 3.05) is 29.5 Å². The fourth-order valence-corrected chi connectivity index (χ4v) is 3.48. The number of carbonyl (C=O) groups excluding carboxylic acids is 2. The number of alkyl carbamates (subject to hydrolysis) is 1. The Morgan fingerprint density at radius 2 is 1.70 bits per heavy atom. The first kappa shape index (κ1) is 24.1. The number of nitrogens with one attached hydrogen (secondary N) is 1. The molecule has 176 valence electrons. The molecule has 0 spiro atoms. The summed E-state index contributed by atoms with van der Waals surface area (Å²) in [5, 5.41) is 12.3. The number of ether oxygens (including phenoxy) is 2. The Labute approximate surface area is 192 Å². The highest BCUT2D eigenvalue weighted by Gasteiger charge is 2.37. The van der Waals surface area contributed by atoms with Crippen LogP contribution in [0, 0.1) is 0 Å². The van der Waals surface area contributed by atoms with Crippen molar-refractivity contribution in [3.8, 4) is 0 Å². The van der Waals surface area contributed by atoms with Crippen LogP contribution in [-0.4, -0.2) is 54.5 Å². The molecule has 0 saturated carbocycles. The Bertz CT molecular complexity index is 989. The molecule has 33 heavy (non-hydrogen) atoms. The Hall–Kier alpha value is -3.59. The normalized spacial score (nSPS) is 16.1. The quantitative estimate of drug-likeness (QED) is 0.644. The lowest BCUT2D eigenvalue weighted by Gasteiger charge is -2.26. The van der Waals surface area contributed by atoms with Crippen LogP contribution in [0.15, 0.2) is 54.6 Å². The summed E-state index contributed by atoms with van der Waals surface area (Å²) >= 11 is 0. The summed E-state index contributed by atoms with van der Waals surface area (Å²) in [6.07, 6.45) is -2.02. The number of nitrogens with zero attached hydrogens (tertiary/aromatic N) is 2. The zero-order chi connectivity index (χ0) is 24.0. The average molecular weight is 456 g/mol. The number of para-hydroxylation sites is 2. The van der Waals surface area contributed by atoms with E-state index in [4.69, 9.17) is 9.47 Å². The minimum atomic E-state index is -1.23. The van der Waals surface area contributed by atoms with Gasteiger partial charge in [-0.05, 0) is 38.5 Å². The molecule has 0 aliphatic carbocycles. The molecule has 0 aromatic heterocycles. The summed E-state index contributed by atoms with van der Waals surface area (Å²) < 4.78 is 11.0. The lowest BCUT2D eigenvalue weighted by Crippen LogP contribution is -2.54. The average Bonchev–Trinajstić information content (AvgIpc) is 2.86. The molecular weight excluding hydrogens is 426 g/mol. The molecule has 1 unspecified atom stereocenters. The molecule has 0 saturated heterocycles. The first-order valence-corrected chi connectivity index (χ1v) is 10.7. The van der Waals surface area contributed by atoms with Gasteiger partial charge in [0.1, 0.15) is 11.6 Å². The number of fused-ring (bicyclic) bond motifs is 1. The summed E-state index contributed by atoms with van der Waals surface area (Å²) in [6, 6.07) is 15.2. The number of benzene rings is 2. The smallest absolute Gasteiger partial charge is 0.411 e. The number of carbonyl (C=O) groups is 3. The van der Waals surface area contributed by atoms with Crippen LogP contribution in [0.2, 0.25) is 0 Å². The highest BCUT2D eigenvalue weighted by Crippen LogP contribution is 2.32. The summed E-state index contributed by atoms with van der Waals surface area (Å²) in [5.74, 6) is -0.444. The molecule has 3 amide bonds. The van der Waals surface area contributed by atoms with Gasteiger partial charge in [0.2, 0.25) is 0 Å². The van der Waals surface area contributed by atoms with Gasteiger partial charge in [-0.3, -0.25) is 9.69 Å². The van der Waals surface area contributed by atoms with E-state index in [9.17, 15) is 19.5 Å². The SMILES string of the molecule is CC(C)(C)OC(=O)NC1CN(C(=O)O)c2ccccc2N(CCOCc2ccccc2)C1=O. The molecule has 9 nitrogen and oxygen atoms in total. The third kappa shape index (κ3) is 6.45. The fourth-order valence-electron chi connectivity index (χ4n) is 3.48. The van der Waals surface area contributed by atoms with Crippen LogP contribution >= 0.6 is 0 Å². The number of anilines is 2. The van der Waals surface area contributed by atoms with Crippen LogP contribution in [0.1, 0.15) is 26.3 Å². The second-order valence-electron chi connectivity index (χ2n) is 8.61. The number of hydrogen-bond donors (Lipinski definition) is 2. The predicted molar refractivity (Wildman–Crippen MR) is 123 cm³/mol. The van der Waals surface area contributed by atoms with E-state index in [0.717, 1.165) is 10.5 Å². The van der Waals surface area contributed by atoms with Gasteiger partial charge < -0.3 is 24.8 Å². The van der Waals surface area contributed by atoms with Crippen LogP contribution in [-0.2, 0) is 20.9 Å². The van der Waals surface area contributed by atoms with Crippen LogP contribution in [0.3, 0.4) is 0 Å². The zero-order valence-electron chi connectivity index (χ0n) is 19.0. The number of amides is 3. The minimum absolute atomic E-state index is 0.183. The van der Waals surface area contributed by atoms with Gasteiger partial charge in [0.25, 0.3) is 5.91 Å². The molecule has 0 bridgehead atoms. The van der Waals surface area contributed by atoms with Crippen molar-refractivity contribution in [1.82, 2.24) is 5.32 Å². The summed E-state index contributed by atoms with van der Waals surface area (Å²) in [4.78, 5) is 40.3. The largest absolute Gasteiger partial charge is 0.465 e. The number of rotatable bonds is 6. The van der Waals surface area contributed by atoms with Crippen molar-refractivity contribution in [2.45, 2.75) is 39.0 Å². The fraction of sp³-hybridized carbons (Fsp3) is 0.375. The van der Waals surface area contributed by atoms with Crippen molar-refractivity contribution in [2.24, 2.45) is 0 Å². The summed E-state index contributed by atoms with van der Waals surface area (Å²) in [6.45, 7) is 5.66. The molecule has 2 aromatic rings. The number of carboxylic acid groups (broad SMARTS) is 1. The molecule has 0 fully saturated rings. The summed E-state index contributed by atoms with van der Waals surface area (Å²) in [7, 11) is 0. The van der Waals surface area contributed by atoms with Gasteiger partial charge in [-0.1, -0.05) is 42.5 Å². The number of hydrogen-bond acceptors (Lipinski definition) is 5. The van der Waals surface area contributed by atoms with E-state index in [0.29, 0.717) is 18.0 Å². The lowest BCUT2D eigenvalue weighted by atomic mass is 10.2. The first-order valence-electron chi connectivity index (χ1n) is 10.7. The van der Waals surface area contributed by atoms with Gasteiger partial charge >= 0.3 is 12.2 Å². The van der Waals surface area contributed by atoms with Crippen LogP contribution in [0.25, 0.3) is 0 Å². The van der Waals surface area contributed by atoms with Crippen molar-refractivity contribution in [3.05, 3.63) is 60.2 Å². The molecule has 2 N–H and O–H groups in total. The molecule has 9 heteroatoms. The Morgan fingerprint density at radius 1 is 1.06 bits per heavy atom. The molecule has 1 heterocycles. The molecule has 0 radical (unpaired) electrons. The second kappa shape index (κ2) is 10.4. The molecule has 1 aliphatic heterocycles. The van der Waals surface area contributed by atoms with E-state index in [-0.39, 0.29) is 19.7 Å². The van der Waals surface area contributed by atoms with Gasteiger partial charge in [0.05, 0.1) is 31.1 Å². The van der Waals surface area contributed by atoms with Gasteiger partial charge in [0, 0.05) is 6.54 Å². The van der Waals surface area contributed by atoms with Gasteiger partial charge in [0.15, 0.2) is 0 Å². The molecule has 1 atom stereocenters. The molecular formula is C24H29N3O6. The molecule has 2 aromatic carbocycles. The third-order valence-corrected chi connectivity index (χ3v) is 4.89. The maximum atomic E-state index is 13.4. The lowest BCUT2D eigenvalue weighted by molar-refractivity contribution is -0.120. The minimum Gasteiger partial charge on any atom is -0.465 e. The monoisotopic (exact) mass is 455 g/mol. The highest BCUT2D eigenvalue weighted by molar-refractivity contribution is 6.06. The zero-order valence-corrected chi connectivity index (χ0v) is 19.0. The van der Waals surface area contributed by atoms with E-state index in [1.807, 2.05) is 30.3 Å². The van der Waals surface area contributed by atoms with Gasteiger partial charge in [-0.25, -0.2) is 9.59 Å². The van der Waals surface area contributed by atoms with E-state index in [1.54, 1.807) is 45.0 Å². The topological polar surface area (TPSA) is 108 Å². The maximum absolute atomic E-state index is 13.4. The van der Waals surface area contributed by atoms with Crippen molar-refractivity contribution < 1.29 is 29.0 Å². The van der Waals surface area contributed by atoms with Crippen LogP contribution in [0.5, 0.6) is 0 Å². The van der Waals surface area contributed by atoms with E-state index >= 15 is 0 Å². The second-order valence-corrected chi connectivity index (χ2v) is 8.61. The predicted octanol–water partition coefficient (Wildman–Crippen LogP) is 3.63.